The summed E-state index contributed by atoms with van der Waals surface area (Å²) < 4.78 is 40.2. The van der Waals surface area contributed by atoms with Gasteiger partial charge in [-0.3, -0.25) is 25.3 Å². The van der Waals surface area contributed by atoms with Crippen molar-refractivity contribution in [3.05, 3.63) is 60.2 Å². The van der Waals surface area contributed by atoms with Crippen molar-refractivity contribution in [2.75, 3.05) is 37.6 Å². The maximum Gasteiger partial charge on any atom is 0.573 e. The van der Waals surface area contributed by atoms with Crippen LogP contribution in [-0.4, -0.2) is 55.8 Å². The molecule has 7 nitrogen and oxygen atoms in total. The maximum absolute atomic E-state index is 12.2. The first-order valence-corrected chi connectivity index (χ1v) is 9.77. The van der Waals surface area contributed by atoms with Gasteiger partial charge in [0.25, 0.3) is 5.91 Å². The van der Waals surface area contributed by atoms with Gasteiger partial charge in [-0.05, 0) is 36.4 Å². The number of para-hydroxylation sites is 1. The highest BCUT2D eigenvalue weighted by Gasteiger charge is 2.31. The van der Waals surface area contributed by atoms with Crippen LogP contribution in [0.25, 0.3) is 0 Å². The minimum atomic E-state index is -4.80. The van der Waals surface area contributed by atoms with E-state index < -0.39 is 18.0 Å². The number of alkyl halides is 3. The van der Waals surface area contributed by atoms with Crippen molar-refractivity contribution in [1.82, 2.24) is 15.8 Å². The number of rotatable bonds is 6. The fraction of sp³-hybridized carbons (Fsp3) is 0.333. The second-order valence-electron chi connectivity index (χ2n) is 6.99. The number of hydrogen-bond acceptors (Lipinski definition) is 5. The lowest BCUT2D eigenvalue weighted by atomic mass is 10.2. The van der Waals surface area contributed by atoms with Gasteiger partial charge in [0.1, 0.15) is 5.75 Å². The number of carbonyl (C=O) groups excluding carboxylic acids is 2. The topological polar surface area (TPSA) is 73.9 Å². The highest BCUT2D eigenvalue weighted by Crippen LogP contribution is 2.22. The molecular weight excluding hydrogens is 413 g/mol. The van der Waals surface area contributed by atoms with Crippen LogP contribution in [0.1, 0.15) is 16.8 Å². The summed E-state index contributed by atoms with van der Waals surface area (Å²) in [4.78, 5) is 28.5. The summed E-state index contributed by atoms with van der Waals surface area (Å²) in [6.07, 6.45) is -4.59. The van der Waals surface area contributed by atoms with E-state index in [4.69, 9.17) is 0 Å². The first-order valence-electron chi connectivity index (χ1n) is 9.77. The number of hydrazine groups is 1. The molecule has 0 bridgehead atoms. The summed E-state index contributed by atoms with van der Waals surface area (Å²) in [5, 5.41) is 0. The molecule has 2 amide bonds. The van der Waals surface area contributed by atoms with E-state index in [9.17, 15) is 22.8 Å². The molecule has 1 fully saturated rings. The first kappa shape index (κ1) is 22.4. The Hall–Kier alpha value is -3.27. The van der Waals surface area contributed by atoms with Gasteiger partial charge in [0.05, 0.1) is 0 Å². The third kappa shape index (κ3) is 7.18. The van der Waals surface area contributed by atoms with Gasteiger partial charge in [-0.2, -0.15) is 0 Å². The predicted molar refractivity (Wildman–Crippen MR) is 108 cm³/mol. The summed E-state index contributed by atoms with van der Waals surface area (Å²) in [5.74, 6) is -1.42. The van der Waals surface area contributed by atoms with E-state index in [-0.39, 0.29) is 17.9 Å². The molecule has 1 aliphatic rings. The van der Waals surface area contributed by atoms with Crippen LogP contribution >= 0.6 is 0 Å². The number of anilines is 1. The van der Waals surface area contributed by atoms with Gasteiger partial charge < -0.3 is 9.64 Å². The summed E-state index contributed by atoms with van der Waals surface area (Å²) in [6.45, 7) is 3.97. The molecule has 3 rings (SSSR count). The molecule has 0 aliphatic carbocycles. The van der Waals surface area contributed by atoms with Crippen LogP contribution in [0.4, 0.5) is 18.9 Å². The Morgan fingerprint density at radius 2 is 1.55 bits per heavy atom. The van der Waals surface area contributed by atoms with Crippen molar-refractivity contribution in [2.24, 2.45) is 0 Å². The Labute approximate surface area is 177 Å². The number of benzene rings is 2. The zero-order valence-electron chi connectivity index (χ0n) is 16.7. The molecule has 0 aromatic heterocycles. The number of nitrogens with one attached hydrogen (secondary N) is 2. The predicted octanol–water partition coefficient (Wildman–Crippen LogP) is 2.56. The van der Waals surface area contributed by atoms with Gasteiger partial charge in [-0.1, -0.05) is 18.2 Å². The molecule has 31 heavy (non-hydrogen) atoms. The van der Waals surface area contributed by atoms with Gasteiger partial charge in [-0.25, -0.2) is 0 Å². The fourth-order valence-electron chi connectivity index (χ4n) is 3.20. The molecule has 0 saturated carbocycles. The average molecular weight is 436 g/mol. The number of hydrogen-bond donors (Lipinski definition) is 2. The monoisotopic (exact) mass is 436 g/mol. The third-order valence-electron chi connectivity index (χ3n) is 4.81. The zero-order valence-corrected chi connectivity index (χ0v) is 16.7. The van der Waals surface area contributed by atoms with Crippen LogP contribution < -0.4 is 20.5 Å². The molecule has 2 N–H and O–H groups in total. The highest BCUT2D eigenvalue weighted by atomic mass is 19.4. The van der Waals surface area contributed by atoms with Crippen molar-refractivity contribution in [1.29, 1.82) is 0 Å². The van der Waals surface area contributed by atoms with E-state index in [0.29, 0.717) is 6.54 Å². The van der Waals surface area contributed by atoms with E-state index in [2.05, 4.69) is 37.5 Å². The highest BCUT2D eigenvalue weighted by molar-refractivity contribution is 5.95. The molecule has 2 aromatic rings. The number of halogens is 3. The summed E-state index contributed by atoms with van der Waals surface area (Å²) >= 11 is 0. The minimum absolute atomic E-state index is 0.0897. The molecule has 0 atom stereocenters. The lowest BCUT2D eigenvalue weighted by Crippen LogP contribution is -2.48. The van der Waals surface area contributed by atoms with Gasteiger partial charge in [0.2, 0.25) is 5.91 Å². The van der Waals surface area contributed by atoms with Crippen LogP contribution in [0.5, 0.6) is 5.75 Å². The zero-order chi connectivity index (χ0) is 22.3. The first-order chi connectivity index (χ1) is 14.8. The summed E-state index contributed by atoms with van der Waals surface area (Å²) in [7, 11) is 0. The van der Waals surface area contributed by atoms with Crippen molar-refractivity contribution in [2.45, 2.75) is 12.8 Å². The smallest absolute Gasteiger partial charge is 0.406 e. The van der Waals surface area contributed by atoms with E-state index in [1.54, 1.807) is 0 Å². The van der Waals surface area contributed by atoms with Gasteiger partial charge in [0, 0.05) is 50.4 Å². The molecular formula is C21H23F3N4O3. The summed E-state index contributed by atoms with van der Waals surface area (Å²) in [6, 6.07) is 14.5. The van der Waals surface area contributed by atoms with Gasteiger partial charge in [-0.15, -0.1) is 13.2 Å². The van der Waals surface area contributed by atoms with Crippen LogP contribution in [0, 0.1) is 0 Å². The second-order valence-corrected chi connectivity index (χ2v) is 6.99. The van der Waals surface area contributed by atoms with E-state index >= 15 is 0 Å². The lowest BCUT2D eigenvalue weighted by molar-refractivity contribution is -0.274. The van der Waals surface area contributed by atoms with Crippen LogP contribution in [0.15, 0.2) is 54.6 Å². The van der Waals surface area contributed by atoms with Crippen LogP contribution in [0.2, 0.25) is 0 Å². The van der Waals surface area contributed by atoms with Crippen molar-refractivity contribution in [3.63, 3.8) is 0 Å². The molecule has 0 radical (unpaired) electrons. The van der Waals surface area contributed by atoms with Crippen LogP contribution in [-0.2, 0) is 4.79 Å². The van der Waals surface area contributed by atoms with Crippen LogP contribution in [0.3, 0.4) is 0 Å². The molecule has 1 aliphatic heterocycles. The SMILES string of the molecule is O=C(CCN1CCN(c2ccccc2)CC1)NNC(=O)c1ccc(OC(F)(F)F)cc1. The molecule has 0 unspecified atom stereocenters. The minimum Gasteiger partial charge on any atom is -0.406 e. The third-order valence-corrected chi connectivity index (χ3v) is 4.81. The number of nitrogens with zero attached hydrogens (tertiary/aromatic N) is 2. The number of piperazine rings is 1. The maximum atomic E-state index is 12.2. The quantitative estimate of drug-likeness (QED) is 0.681. The fourth-order valence-corrected chi connectivity index (χ4v) is 3.20. The van der Waals surface area contributed by atoms with Crippen molar-refractivity contribution in [3.8, 4) is 5.75 Å². The molecule has 10 heteroatoms. The molecule has 166 valence electrons. The molecule has 1 saturated heterocycles. The average Bonchev–Trinajstić information content (AvgIpc) is 2.76. The van der Waals surface area contributed by atoms with E-state index in [1.165, 1.54) is 17.8 Å². The summed E-state index contributed by atoms with van der Waals surface area (Å²) in [5.41, 5.74) is 5.85. The van der Waals surface area contributed by atoms with Crippen molar-refractivity contribution < 1.29 is 27.5 Å². The Kier molecular flexibility index (Phi) is 7.35. The Balaban J connectivity index is 1.35. The Bertz CT molecular complexity index is 868. The van der Waals surface area contributed by atoms with Crippen molar-refractivity contribution >= 4 is 17.5 Å². The largest absolute Gasteiger partial charge is 0.573 e. The number of carbonyl (C=O) groups is 2. The Morgan fingerprint density at radius 1 is 0.903 bits per heavy atom. The Morgan fingerprint density at radius 3 is 2.16 bits per heavy atom. The normalized spacial score (nSPS) is 14.7. The van der Waals surface area contributed by atoms with E-state index in [1.807, 2.05) is 18.2 Å². The molecule has 0 spiro atoms. The number of ether oxygens (including phenoxy) is 1. The van der Waals surface area contributed by atoms with E-state index in [0.717, 1.165) is 38.3 Å². The molecule has 1 heterocycles. The second kappa shape index (κ2) is 10.2. The van der Waals surface area contributed by atoms with Gasteiger partial charge in [0.15, 0.2) is 0 Å². The van der Waals surface area contributed by atoms with Gasteiger partial charge >= 0.3 is 6.36 Å². The lowest BCUT2D eigenvalue weighted by Gasteiger charge is -2.36. The standard InChI is InChI=1S/C21H23F3N4O3/c22-21(23,24)31-18-8-6-16(7-9-18)20(30)26-25-19(29)10-11-27-12-14-28(15-13-27)17-4-2-1-3-5-17/h1-9H,10-15H2,(H,25,29)(H,26,30). The molecule has 2 aromatic carbocycles. The number of amides is 2.